The Hall–Kier alpha value is -1.58. The van der Waals surface area contributed by atoms with E-state index in [-0.39, 0.29) is 0 Å². The highest BCUT2D eigenvalue weighted by atomic mass is 16.4. The Morgan fingerprint density at radius 3 is 2.64 bits per heavy atom. The molecule has 0 saturated carbocycles. The fraction of sp³-hybridized carbons (Fsp3) is 0.400. The van der Waals surface area contributed by atoms with Crippen molar-refractivity contribution in [3.05, 3.63) is 24.3 Å². The highest BCUT2D eigenvalue weighted by Gasteiger charge is 2.29. The average Bonchev–Trinajstić information content (AvgIpc) is 2.19. The third kappa shape index (κ3) is 2.22. The summed E-state index contributed by atoms with van der Waals surface area (Å²) >= 11 is 0. The summed E-state index contributed by atoms with van der Waals surface area (Å²) in [5.74, 6) is -2.40. The van der Waals surface area contributed by atoms with E-state index in [1.54, 1.807) is 0 Å². The fourth-order valence-corrected chi connectivity index (χ4v) is 1.39. The average molecular weight is 195 g/mol. The van der Waals surface area contributed by atoms with Crippen LogP contribution in [0.1, 0.15) is 19.8 Å². The molecular weight excluding hydrogens is 182 g/mol. The van der Waals surface area contributed by atoms with E-state index in [0.29, 0.717) is 12.8 Å². The lowest BCUT2D eigenvalue weighted by Crippen LogP contribution is -2.49. The van der Waals surface area contributed by atoms with E-state index in [4.69, 9.17) is 5.11 Å². The normalized spacial score (nSPS) is 24.6. The summed E-state index contributed by atoms with van der Waals surface area (Å²) < 4.78 is 0. The largest absolute Gasteiger partial charge is 0.474 e. The standard InChI is InChI=1S/C10H13NO3/c1-2-10(6-4-3-5-7-10)11-8(12)9(13)14/h3-6H,2,7H2,1H3,(H,11,12)(H,13,14). The number of carbonyl (C=O) groups excluding carboxylic acids is 1. The van der Waals surface area contributed by atoms with Crippen LogP contribution in [0, 0.1) is 0 Å². The summed E-state index contributed by atoms with van der Waals surface area (Å²) in [5, 5.41) is 11.0. The molecule has 0 spiro atoms. The zero-order chi connectivity index (χ0) is 10.6. The number of hydrogen-bond donors (Lipinski definition) is 2. The minimum Gasteiger partial charge on any atom is -0.474 e. The lowest BCUT2D eigenvalue weighted by Gasteiger charge is -2.30. The van der Waals surface area contributed by atoms with E-state index in [0.717, 1.165) is 0 Å². The molecule has 4 heteroatoms. The molecule has 1 aliphatic carbocycles. The number of carbonyl (C=O) groups is 2. The van der Waals surface area contributed by atoms with E-state index < -0.39 is 17.4 Å². The molecule has 0 aromatic carbocycles. The van der Waals surface area contributed by atoms with Crippen molar-refractivity contribution in [3.8, 4) is 0 Å². The van der Waals surface area contributed by atoms with Gasteiger partial charge in [-0.3, -0.25) is 4.79 Å². The number of carboxylic acids is 1. The summed E-state index contributed by atoms with van der Waals surface area (Å²) in [4.78, 5) is 21.4. The van der Waals surface area contributed by atoms with Gasteiger partial charge in [0.1, 0.15) is 0 Å². The van der Waals surface area contributed by atoms with Crippen LogP contribution >= 0.6 is 0 Å². The van der Waals surface area contributed by atoms with Crippen LogP contribution in [0.3, 0.4) is 0 Å². The molecule has 1 atom stereocenters. The lowest BCUT2D eigenvalue weighted by atomic mass is 9.88. The van der Waals surface area contributed by atoms with E-state index in [1.165, 1.54) is 0 Å². The first kappa shape index (κ1) is 10.5. The third-order valence-corrected chi connectivity index (χ3v) is 2.33. The Morgan fingerprint density at radius 1 is 1.50 bits per heavy atom. The first-order valence-corrected chi connectivity index (χ1v) is 4.49. The summed E-state index contributed by atoms with van der Waals surface area (Å²) in [7, 11) is 0. The summed E-state index contributed by atoms with van der Waals surface area (Å²) in [6.45, 7) is 1.91. The molecule has 0 fully saturated rings. The predicted molar refractivity (Wildman–Crippen MR) is 51.7 cm³/mol. The van der Waals surface area contributed by atoms with Crippen LogP contribution in [-0.2, 0) is 9.59 Å². The van der Waals surface area contributed by atoms with Crippen molar-refractivity contribution in [2.75, 3.05) is 0 Å². The maximum atomic E-state index is 11.0. The second kappa shape index (κ2) is 4.09. The number of amides is 1. The van der Waals surface area contributed by atoms with Crippen molar-refractivity contribution >= 4 is 11.9 Å². The minimum absolute atomic E-state index is 0.524. The molecule has 4 nitrogen and oxygen atoms in total. The van der Waals surface area contributed by atoms with Gasteiger partial charge in [-0.2, -0.15) is 0 Å². The second-order valence-electron chi connectivity index (χ2n) is 3.26. The van der Waals surface area contributed by atoms with E-state index in [2.05, 4.69) is 5.32 Å². The highest BCUT2D eigenvalue weighted by molar-refractivity contribution is 6.31. The number of carboxylic acid groups (broad SMARTS) is 1. The Kier molecular flexibility index (Phi) is 3.06. The molecule has 1 aliphatic rings. The smallest absolute Gasteiger partial charge is 0.394 e. The van der Waals surface area contributed by atoms with Crippen LogP contribution in [0.25, 0.3) is 0 Å². The fourth-order valence-electron chi connectivity index (χ4n) is 1.39. The molecule has 0 heterocycles. The Morgan fingerprint density at radius 2 is 2.21 bits per heavy atom. The second-order valence-corrected chi connectivity index (χ2v) is 3.26. The number of nitrogens with one attached hydrogen (secondary N) is 1. The number of rotatable bonds is 2. The zero-order valence-electron chi connectivity index (χ0n) is 7.99. The summed E-state index contributed by atoms with van der Waals surface area (Å²) in [6.07, 6.45) is 8.74. The quantitative estimate of drug-likeness (QED) is 0.642. The topological polar surface area (TPSA) is 66.4 Å². The van der Waals surface area contributed by atoms with Crippen LogP contribution < -0.4 is 5.32 Å². The van der Waals surface area contributed by atoms with Crippen LogP contribution in [-0.4, -0.2) is 22.5 Å². The van der Waals surface area contributed by atoms with Crippen molar-refractivity contribution in [2.45, 2.75) is 25.3 Å². The molecule has 1 unspecified atom stereocenters. The van der Waals surface area contributed by atoms with Gasteiger partial charge < -0.3 is 10.4 Å². The molecule has 0 aliphatic heterocycles. The lowest BCUT2D eigenvalue weighted by molar-refractivity contribution is -0.151. The maximum Gasteiger partial charge on any atom is 0.394 e. The van der Waals surface area contributed by atoms with E-state index in [9.17, 15) is 9.59 Å². The monoisotopic (exact) mass is 195 g/mol. The maximum absolute atomic E-state index is 11.0. The molecule has 0 bridgehead atoms. The van der Waals surface area contributed by atoms with Gasteiger partial charge in [0.2, 0.25) is 0 Å². The van der Waals surface area contributed by atoms with Crippen molar-refractivity contribution < 1.29 is 14.7 Å². The molecule has 1 rings (SSSR count). The van der Waals surface area contributed by atoms with E-state index >= 15 is 0 Å². The SMILES string of the molecule is CCC1(NC(=O)C(=O)O)C=CC=CC1. The van der Waals surface area contributed by atoms with Crippen LogP contribution in [0.2, 0.25) is 0 Å². The molecule has 0 saturated heterocycles. The first-order valence-electron chi connectivity index (χ1n) is 4.49. The molecule has 0 radical (unpaired) electrons. The number of hydrogen-bond acceptors (Lipinski definition) is 2. The van der Waals surface area contributed by atoms with E-state index in [1.807, 2.05) is 31.2 Å². The van der Waals surface area contributed by atoms with Crippen LogP contribution in [0.15, 0.2) is 24.3 Å². The number of aliphatic carboxylic acids is 1. The molecule has 0 aromatic rings. The summed E-state index contributed by atoms with van der Waals surface area (Å²) in [5.41, 5.74) is -0.524. The van der Waals surface area contributed by atoms with Gasteiger partial charge in [0, 0.05) is 0 Å². The molecular formula is C10H13NO3. The molecule has 2 N–H and O–H groups in total. The van der Waals surface area contributed by atoms with Gasteiger partial charge in [-0.1, -0.05) is 31.2 Å². The van der Waals surface area contributed by atoms with Gasteiger partial charge in [-0.25, -0.2) is 4.79 Å². The minimum atomic E-state index is -1.44. The van der Waals surface area contributed by atoms with Crippen molar-refractivity contribution in [1.82, 2.24) is 5.32 Å². The Bertz CT molecular complexity index is 306. The summed E-state index contributed by atoms with van der Waals surface area (Å²) in [6, 6.07) is 0. The third-order valence-electron chi connectivity index (χ3n) is 2.33. The number of allylic oxidation sites excluding steroid dienone is 2. The Balaban J connectivity index is 2.72. The van der Waals surface area contributed by atoms with Crippen molar-refractivity contribution in [3.63, 3.8) is 0 Å². The van der Waals surface area contributed by atoms with Gasteiger partial charge in [-0.15, -0.1) is 0 Å². The van der Waals surface area contributed by atoms with Crippen molar-refractivity contribution in [1.29, 1.82) is 0 Å². The Labute approximate surface area is 82.3 Å². The molecule has 0 aromatic heterocycles. The van der Waals surface area contributed by atoms with Crippen LogP contribution in [0.4, 0.5) is 0 Å². The molecule has 76 valence electrons. The van der Waals surface area contributed by atoms with Gasteiger partial charge in [0.15, 0.2) is 0 Å². The van der Waals surface area contributed by atoms with Crippen LogP contribution in [0.5, 0.6) is 0 Å². The highest BCUT2D eigenvalue weighted by Crippen LogP contribution is 2.21. The zero-order valence-corrected chi connectivity index (χ0v) is 7.99. The predicted octanol–water partition coefficient (Wildman–Crippen LogP) is 0.852. The molecule has 1 amide bonds. The van der Waals surface area contributed by atoms with Gasteiger partial charge in [0.05, 0.1) is 5.54 Å². The van der Waals surface area contributed by atoms with Gasteiger partial charge >= 0.3 is 11.9 Å². The van der Waals surface area contributed by atoms with Gasteiger partial charge in [-0.05, 0) is 12.8 Å². The molecule has 14 heavy (non-hydrogen) atoms. The van der Waals surface area contributed by atoms with Crippen molar-refractivity contribution in [2.24, 2.45) is 0 Å². The van der Waals surface area contributed by atoms with Gasteiger partial charge in [0.25, 0.3) is 0 Å². The first-order chi connectivity index (χ1) is 6.59.